The molecule has 1 saturated carbocycles. The van der Waals surface area contributed by atoms with Crippen molar-refractivity contribution in [2.24, 2.45) is 0 Å². The van der Waals surface area contributed by atoms with E-state index in [1.807, 2.05) is 30.3 Å². The molecular weight excluding hydrogens is 400 g/mol. The number of H-pyrrole nitrogens is 1. The third kappa shape index (κ3) is 3.87. The van der Waals surface area contributed by atoms with E-state index in [9.17, 15) is 18.3 Å². The Morgan fingerprint density at radius 1 is 1.10 bits per heavy atom. The van der Waals surface area contributed by atoms with E-state index < -0.39 is 16.0 Å². The van der Waals surface area contributed by atoms with Gasteiger partial charge in [-0.2, -0.15) is 4.31 Å². The summed E-state index contributed by atoms with van der Waals surface area (Å²) in [5.74, 6) is -0.929. The highest BCUT2D eigenvalue weighted by Crippen LogP contribution is 2.33. The quantitative estimate of drug-likeness (QED) is 0.611. The van der Waals surface area contributed by atoms with Crippen LogP contribution in [0.1, 0.15) is 37.7 Å². The Morgan fingerprint density at radius 3 is 2.57 bits per heavy atom. The molecule has 0 radical (unpaired) electrons. The van der Waals surface area contributed by atoms with Crippen LogP contribution in [0.4, 0.5) is 0 Å². The highest BCUT2D eigenvalue weighted by Gasteiger charge is 2.29. The number of nitrogens with zero attached hydrogens (tertiary/aromatic N) is 1. The number of para-hydroxylation sites is 1. The molecule has 0 aliphatic heterocycles. The molecular formula is C23H26N2O4S. The molecule has 3 aromatic rings. The molecule has 1 aromatic heterocycles. The van der Waals surface area contributed by atoms with Gasteiger partial charge in [0.15, 0.2) is 0 Å². The van der Waals surface area contributed by atoms with Crippen molar-refractivity contribution in [1.29, 1.82) is 0 Å². The first-order valence-electron chi connectivity index (χ1n) is 10.3. The number of carboxylic acids is 1. The van der Waals surface area contributed by atoms with Crippen molar-refractivity contribution in [3.8, 4) is 11.3 Å². The SMILES string of the molecule is CN(C1CCCCC1)S(=O)(=O)c1cccc(-c2[nH]c3ccccc3c2CC(=O)O)c1. The minimum absolute atomic E-state index is 0.0306. The molecule has 1 fully saturated rings. The second kappa shape index (κ2) is 8.24. The van der Waals surface area contributed by atoms with E-state index in [1.54, 1.807) is 25.2 Å². The maximum Gasteiger partial charge on any atom is 0.307 e. The van der Waals surface area contributed by atoms with Gasteiger partial charge in [-0.3, -0.25) is 4.79 Å². The third-order valence-electron chi connectivity index (χ3n) is 6.03. The number of aromatic amines is 1. The summed E-state index contributed by atoms with van der Waals surface area (Å²) < 4.78 is 28.1. The summed E-state index contributed by atoms with van der Waals surface area (Å²) in [7, 11) is -1.97. The average Bonchev–Trinajstić information content (AvgIpc) is 3.12. The van der Waals surface area contributed by atoms with Gasteiger partial charge in [0, 0.05) is 24.0 Å². The lowest BCUT2D eigenvalue weighted by Crippen LogP contribution is -2.38. The fourth-order valence-corrected chi connectivity index (χ4v) is 5.86. The van der Waals surface area contributed by atoms with Crippen molar-refractivity contribution >= 4 is 26.9 Å². The number of hydrogen-bond donors (Lipinski definition) is 2. The topological polar surface area (TPSA) is 90.5 Å². The van der Waals surface area contributed by atoms with E-state index in [4.69, 9.17) is 0 Å². The van der Waals surface area contributed by atoms with Gasteiger partial charge in [0.1, 0.15) is 0 Å². The van der Waals surface area contributed by atoms with Gasteiger partial charge in [0.2, 0.25) is 10.0 Å². The predicted molar refractivity (Wildman–Crippen MR) is 117 cm³/mol. The number of rotatable bonds is 6. The van der Waals surface area contributed by atoms with Gasteiger partial charge in [-0.25, -0.2) is 8.42 Å². The lowest BCUT2D eigenvalue weighted by atomic mass is 9.96. The molecule has 0 saturated heterocycles. The third-order valence-corrected chi connectivity index (χ3v) is 7.94. The molecule has 2 N–H and O–H groups in total. The molecule has 7 heteroatoms. The van der Waals surface area contributed by atoms with Crippen LogP contribution in [-0.2, 0) is 21.2 Å². The van der Waals surface area contributed by atoms with Crippen molar-refractivity contribution < 1.29 is 18.3 Å². The number of fused-ring (bicyclic) bond motifs is 1. The van der Waals surface area contributed by atoms with E-state index in [0.717, 1.165) is 43.0 Å². The van der Waals surface area contributed by atoms with Crippen molar-refractivity contribution in [3.63, 3.8) is 0 Å². The van der Waals surface area contributed by atoms with E-state index >= 15 is 0 Å². The Hall–Kier alpha value is -2.64. The number of carboxylic acid groups (broad SMARTS) is 1. The molecule has 4 rings (SSSR count). The molecule has 0 amide bonds. The Bertz CT molecular complexity index is 1180. The molecule has 1 aliphatic rings. The minimum Gasteiger partial charge on any atom is -0.481 e. The number of sulfonamides is 1. The van der Waals surface area contributed by atoms with Crippen LogP contribution >= 0.6 is 0 Å². The zero-order chi connectivity index (χ0) is 21.3. The summed E-state index contributed by atoms with van der Waals surface area (Å²) in [6.07, 6.45) is 4.90. The van der Waals surface area contributed by atoms with Crippen molar-refractivity contribution in [2.75, 3.05) is 7.05 Å². The maximum absolute atomic E-state index is 13.3. The monoisotopic (exact) mass is 426 g/mol. The molecule has 0 atom stereocenters. The first kappa shape index (κ1) is 20.6. The van der Waals surface area contributed by atoms with Crippen LogP contribution in [0, 0.1) is 0 Å². The zero-order valence-electron chi connectivity index (χ0n) is 17.0. The van der Waals surface area contributed by atoms with E-state index in [0.29, 0.717) is 16.8 Å². The highest BCUT2D eigenvalue weighted by molar-refractivity contribution is 7.89. The maximum atomic E-state index is 13.3. The van der Waals surface area contributed by atoms with Gasteiger partial charge in [-0.15, -0.1) is 0 Å². The van der Waals surface area contributed by atoms with Gasteiger partial charge in [0.25, 0.3) is 0 Å². The summed E-state index contributed by atoms with van der Waals surface area (Å²) in [6.45, 7) is 0. The number of benzene rings is 2. The average molecular weight is 427 g/mol. The predicted octanol–water partition coefficient (Wildman–Crippen LogP) is 4.42. The van der Waals surface area contributed by atoms with Crippen LogP contribution in [0.5, 0.6) is 0 Å². The van der Waals surface area contributed by atoms with Gasteiger partial charge in [0.05, 0.1) is 17.0 Å². The van der Waals surface area contributed by atoms with Gasteiger partial charge in [-0.05, 0) is 42.2 Å². The fourth-order valence-electron chi connectivity index (χ4n) is 4.40. The summed E-state index contributed by atoms with van der Waals surface area (Å²) >= 11 is 0. The number of aliphatic carboxylic acids is 1. The van der Waals surface area contributed by atoms with Crippen LogP contribution in [0.15, 0.2) is 53.4 Å². The molecule has 0 spiro atoms. The van der Waals surface area contributed by atoms with Crippen LogP contribution in [0.3, 0.4) is 0 Å². The lowest BCUT2D eigenvalue weighted by molar-refractivity contribution is -0.136. The number of aromatic nitrogens is 1. The summed E-state index contributed by atoms with van der Waals surface area (Å²) in [5.41, 5.74) is 2.81. The summed E-state index contributed by atoms with van der Waals surface area (Å²) in [4.78, 5) is 15.0. The summed E-state index contributed by atoms with van der Waals surface area (Å²) in [6, 6.07) is 14.3. The second-order valence-corrected chi connectivity index (χ2v) is 9.93. The standard InChI is InChI=1S/C23H26N2O4S/c1-25(17-9-3-2-4-10-17)30(28,29)18-11-7-8-16(14-18)23-20(15-22(26)27)19-12-5-6-13-21(19)24-23/h5-8,11-14,17,24H,2-4,9-10,15H2,1H3,(H,26,27). The minimum atomic E-state index is -3.63. The van der Waals surface area contributed by atoms with Gasteiger partial charge >= 0.3 is 5.97 Å². The van der Waals surface area contributed by atoms with Gasteiger partial charge in [-0.1, -0.05) is 49.6 Å². The molecule has 158 valence electrons. The molecule has 0 bridgehead atoms. The number of hydrogen-bond acceptors (Lipinski definition) is 3. The van der Waals surface area contributed by atoms with E-state index in [-0.39, 0.29) is 17.4 Å². The molecule has 1 heterocycles. The Morgan fingerprint density at radius 2 is 1.83 bits per heavy atom. The zero-order valence-corrected chi connectivity index (χ0v) is 17.8. The number of carbonyl (C=O) groups is 1. The largest absolute Gasteiger partial charge is 0.481 e. The summed E-state index contributed by atoms with van der Waals surface area (Å²) in [5, 5.41) is 10.2. The number of nitrogens with one attached hydrogen (secondary N) is 1. The molecule has 0 unspecified atom stereocenters. The molecule has 2 aromatic carbocycles. The van der Waals surface area contributed by atoms with E-state index in [2.05, 4.69) is 4.98 Å². The van der Waals surface area contributed by atoms with Crippen molar-refractivity contribution in [2.45, 2.75) is 49.5 Å². The Kier molecular flexibility index (Phi) is 5.66. The molecule has 1 aliphatic carbocycles. The van der Waals surface area contributed by atoms with Crippen LogP contribution in [0.2, 0.25) is 0 Å². The Labute approximate surface area is 176 Å². The second-order valence-electron chi connectivity index (χ2n) is 7.94. The molecule has 6 nitrogen and oxygen atoms in total. The van der Waals surface area contributed by atoms with Crippen molar-refractivity contribution in [1.82, 2.24) is 9.29 Å². The normalized spacial score (nSPS) is 15.7. The van der Waals surface area contributed by atoms with E-state index in [1.165, 1.54) is 4.31 Å². The van der Waals surface area contributed by atoms with Crippen LogP contribution in [-0.4, -0.2) is 41.9 Å². The fraction of sp³-hybridized carbons (Fsp3) is 0.348. The van der Waals surface area contributed by atoms with Crippen LogP contribution < -0.4 is 0 Å². The highest BCUT2D eigenvalue weighted by atomic mass is 32.2. The first-order chi connectivity index (χ1) is 14.4. The smallest absolute Gasteiger partial charge is 0.307 e. The van der Waals surface area contributed by atoms with Crippen LogP contribution in [0.25, 0.3) is 22.2 Å². The van der Waals surface area contributed by atoms with Crippen molar-refractivity contribution in [3.05, 3.63) is 54.1 Å². The first-order valence-corrected chi connectivity index (χ1v) is 11.7. The molecule has 30 heavy (non-hydrogen) atoms. The lowest BCUT2D eigenvalue weighted by Gasteiger charge is -2.30. The Balaban J connectivity index is 1.76. The van der Waals surface area contributed by atoms with Gasteiger partial charge < -0.3 is 10.1 Å².